The molecule has 0 saturated heterocycles. The van der Waals surface area contributed by atoms with Crippen molar-refractivity contribution in [2.75, 3.05) is 14.2 Å². The first-order valence-electron chi connectivity index (χ1n) is 4.38. The van der Waals surface area contributed by atoms with Crippen LogP contribution in [-0.4, -0.2) is 25.2 Å². The number of hydrogen-bond donors (Lipinski definition) is 0. The Kier molecular flexibility index (Phi) is 2.99. The van der Waals surface area contributed by atoms with E-state index in [9.17, 15) is 4.79 Å². The molecule has 0 bridgehead atoms. The second kappa shape index (κ2) is 4.28. The molecule has 0 N–H and O–H groups in total. The van der Waals surface area contributed by atoms with Gasteiger partial charge in [0.15, 0.2) is 5.58 Å². The van der Waals surface area contributed by atoms with Crippen LogP contribution in [0.5, 0.6) is 5.75 Å². The van der Waals surface area contributed by atoms with Gasteiger partial charge >= 0.3 is 5.97 Å². The number of rotatable bonds is 2. The number of halogens is 1. The van der Waals surface area contributed by atoms with Gasteiger partial charge in [-0.25, -0.2) is 9.78 Å². The fraction of sp³-hybridized carbons (Fsp3) is 0.200. The van der Waals surface area contributed by atoms with Crippen molar-refractivity contribution in [3.8, 4) is 5.75 Å². The van der Waals surface area contributed by atoms with E-state index in [0.717, 1.165) is 0 Å². The average molecular weight is 333 g/mol. The zero-order chi connectivity index (χ0) is 11.7. The molecule has 0 amide bonds. The van der Waals surface area contributed by atoms with Gasteiger partial charge in [-0.05, 0) is 6.07 Å². The molecule has 16 heavy (non-hydrogen) atoms. The molecule has 1 aromatic carbocycles. The van der Waals surface area contributed by atoms with Crippen LogP contribution in [0.3, 0.4) is 0 Å². The highest BCUT2D eigenvalue weighted by Gasteiger charge is 2.16. The smallest absolute Gasteiger partial charge is 0.341 e. The van der Waals surface area contributed by atoms with Crippen molar-refractivity contribution in [1.29, 1.82) is 0 Å². The van der Waals surface area contributed by atoms with Gasteiger partial charge in [0.25, 0.3) is 3.90 Å². The second-order valence-electron chi connectivity index (χ2n) is 2.98. The van der Waals surface area contributed by atoms with Gasteiger partial charge in [0.1, 0.15) is 16.8 Å². The van der Waals surface area contributed by atoms with Crippen molar-refractivity contribution in [3.05, 3.63) is 21.6 Å². The van der Waals surface area contributed by atoms with Crippen molar-refractivity contribution in [2.24, 2.45) is 0 Å². The van der Waals surface area contributed by atoms with Gasteiger partial charge in [-0.1, -0.05) is 0 Å². The lowest BCUT2D eigenvalue weighted by Gasteiger charge is -2.05. The summed E-state index contributed by atoms with van der Waals surface area (Å²) in [6.45, 7) is 0. The first-order chi connectivity index (χ1) is 7.65. The lowest BCUT2D eigenvalue weighted by Crippen LogP contribution is -2.03. The molecular weight excluding hydrogens is 325 g/mol. The lowest BCUT2D eigenvalue weighted by atomic mass is 10.2. The molecule has 0 aliphatic rings. The fourth-order valence-corrected chi connectivity index (χ4v) is 1.86. The van der Waals surface area contributed by atoms with Gasteiger partial charge in [-0.3, -0.25) is 0 Å². The van der Waals surface area contributed by atoms with E-state index in [4.69, 9.17) is 9.15 Å². The van der Waals surface area contributed by atoms with Crippen LogP contribution in [0.25, 0.3) is 11.1 Å². The molecule has 0 atom stereocenters. The number of carbonyl (C=O) groups excluding carboxylic acids is 1. The lowest BCUT2D eigenvalue weighted by molar-refractivity contribution is 0.0597. The molecule has 0 saturated carbocycles. The number of aromatic nitrogens is 1. The zero-order valence-electron chi connectivity index (χ0n) is 8.61. The first kappa shape index (κ1) is 11.2. The Bertz CT molecular complexity index is 549. The Morgan fingerprint density at radius 3 is 2.81 bits per heavy atom. The van der Waals surface area contributed by atoms with E-state index < -0.39 is 5.97 Å². The van der Waals surface area contributed by atoms with Crippen LogP contribution in [0.15, 0.2) is 16.5 Å². The van der Waals surface area contributed by atoms with Gasteiger partial charge in [0, 0.05) is 28.7 Å². The average Bonchev–Trinajstić information content (AvgIpc) is 2.65. The summed E-state index contributed by atoms with van der Waals surface area (Å²) in [5.74, 6) is -0.0522. The van der Waals surface area contributed by atoms with Gasteiger partial charge in [0.05, 0.1) is 14.2 Å². The number of methoxy groups -OCH3 is 2. The molecular formula is C10H8INO4. The van der Waals surface area contributed by atoms with E-state index in [0.29, 0.717) is 26.3 Å². The molecule has 0 fully saturated rings. The molecule has 5 nitrogen and oxygen atoms in total. The summed E-state index contributed by atoms with van der Waals surface area (Å²) < 4.78 is 15.6. The monoisotopic (exact) mass is 333 g/mol. The number of carbonyl (C=O) groups is 1. The summed E-state index contributed by atoms with van der Waals surface area (Å²) in [5, 5.41) is 0. The third kappa shape index (κ3) is 1.84. The minimum Gasteiger partial charge on any atom is -0.496 e. The Morgan fingerprint density at radius 2 is 2.19 bits per heavy atom. The summed E-state index contributed by atoms with van der Waals surface area (Å²) in [5.41, 5.74) is 1.52. The van der Waals surface area contributed by atoms with Crippen LogP contribution in [0, 0.1) is 3.90 Å². The molecule has 0 aliphatic heterocycles. The van der Waals surface area contributed by atoms with E-state index in [1.807, 2.05) is 22.6 Å². The quantitative estimate of drug-likeness (QED) is 0.623. The molecule has 0 spiro atoms. The normalized spacial score (nSPS) is 10.4. The number of nitrogens with zero attached hydrogens (tertiary/aromatic N) is 1. The second-order valence-corrected chi connectivity index (χ2v) is 3.90. The highest BCUT2D eigenvalue weighted by molar-refractivity contribution is 14.1. The van der Waals surface area contributed by atoms with E-state index >= 15 is 0 Å². The summed E-state index contributed by atoms with van der Waals surface area (Å²) in [4.78, 5) is 15.6. The number of hydrogen-bond acceptors (Lipinski definition) is 5. The summed E-state index contributed by atoms with van der Waals surface area (Å²) in [6.07, 6.45) is 0. The van der Waals surface area contributed by atoms with Crippen molar-refractivity contribution in [3.63, 3.8) is 0 Å². The Hall–Kier alpha value is -1.31. The topological polar surface area (TPSA) is 61.6 Å². The molecule has 2 aromatic rings. The Balaban J connectivity index is 2.66. The Morgan fingerprint density at radius 1 is 1.44 bits per heavy atom. The largest absolute Gasteiger partial charge is 0.496 e. The fourth-order valence-electron chi connectivity index (χ4n) is 1.37. The van der Waals surface area contributed by atoms with Crippen molar-refractivity contribution in [1.82, 2.24) is 4.98 Å². The van der Waals surface area contributed by atoms with Crippen LogP contribution in [-0.2, 0) is 4.74 Å². The molecule has 84 valence electrons. The number of fused-ring (bicyclic) bond motifs is 1. The molecule has 0 radical (unpaired) electrons. The maximum absolute atomic E-state index is 11.5. The van der Waals surface area contributed by atoms with Crippen molar-refractivity contribution in [2.45, 2.75) is 0 Å². The predicted octanol–water partition coefficient (Wildman–Crippen LogP) is 2.23. The van der Waals surface area contributed by atoms with Gasteiger partial charge < -0.3 is 13.9 Å². The molecule has 2 rings (SSSR count). The standard InChI is InChI=1S/C10H8INO4/c1-14-7-4-8-6(12-10(11)16-8)3-5(7)9(13)15-2/h3-4H,1-2H3. The SMILES string of the molecule is COC(=O)c1cc2nc(I)oc2cc1OC. The highest BCUT2D eigenvalue weighted by Crippen LogP contribution is 2.27. The molecule has 6 heteroatoms. The van der Waals surface area contributed by atoms with E-state index in [1.54, 1.807) is 12.1 Å². The third-order valence-electron chi connectivity index (χ3n) is 2.09. The molecule has 0 unspecified atom stereocenters. The summed E-state index contributed by atoms with van der Waals surface area (Å²) in [6, 6.07) is 3.21. The first-order valence-corrected chi connectivity index (χ1v) is 5.46. The maximum atomic E-state index is 11.5. The molecule has 1 aromatic heterocycles. The van der Waals surface area contributed by atoms with E-state index in [1.165, 1.54) is 14.2 Å². The van der Waals surface area contributed by atoms with Crippen LogP contribution < -0.4 is 4.74 Å². The highest BCUT2D eigenvalue weighted by atomic mass is 127. The van der Waals surface area contributed by atoms with Gasteiger partial charge in [-0.15, -0.1) is 0 Å². The Labute approximate surface area is 105 Å². The van der Waals surface area contributed by atoms with Gasteiger partial charge in [-0.2, -0.15) is 0 Å². The van der Waals surface area contributed by atoms with Crippen LogP contribution in [0.2, 0.25) is 0 Å². The number of benzene rings is 1. The predicted molar refractivity (Wildman–Crippen MR) is 64.6 cm³/mol. The number of ether oxygens (including phenoxy) is 2. The van der Waals surface area contributed by atoms with Crippen molar-refractivity contribution < 1.29 is 18.7 Å². The maximum Gasteiger partial charge on any atom is 0.341 e. The van der Waals surface area contributed by atoms with Crippen LogP contribution >= 0.6 is 22.6 Å². The minimum atomic E-state index is -0.461. The third-order valence-corrected chi connectivity index (χ3v) is 2.55. The number of oxazole rings is 1. The summed E-state index contributed by atoms with van der Waals surface area (Å²) in [7, 11) is 2.80. The number of esters is 1. The van der Waals surface area contributed by atoms with E-state index in [2.05, 4.69) is 9.72 Å². The van der Waals surface area contributed by atoms with Crippen molar-refractivity contribution >= 4 is 39.7 Å². The minimum absolute atomic E-state index is 0.335. The molecule has 1 heterocycles. The van der Waals surface area contributed by atoms with Crippen LogP contribution in [0.1, 0.15) is 10.4 Å². The van der Waals surface area contributed by atoms with Crippen LogP contribution in [0.4, 0.5) is 0 Å². The summed E-state index contributed by atoms with van der Waals surface area (Å²) >= 11 is 1.96. The van der Waals surface area contributed by atoms with E-state index in [-0.39, 0.29) is 0 Å². The molecule has 0 aliphatic carbocycles. The van der Waals surface area contributed by atoms with Gasteiger partial charge in [0.2, 0.25) is 0 Å². The zero-order valence-corrected chi connectivity index (χ0v) is 10.8.